The summed E-state index contributed by atoms with van der Waals surface area (Å²) in [4.78, 5) is 0. The van der Waals surface area contributed by atoms with Crippen LogP contribution in [0.3, 0.4) is 0 Å². The van der Waals surface area contributed by atoms with E-state index in [0.717, 1.165) is 19.3 Å². The van der Waals surface area contributed by atoms with Crippen molar-refractivity contribution in [2.75, 3.05) is 0 Å². The minimum Gasteiger partial charge on any atom is -0.368 e. The average molecular weight is 142 g/mol. The normalized spacial score (nSPS) is 26.8. The monoisotopic (exact) mass is 142 g/mol. The molecule has 0 bridgehead atoms. The molecule has 58 valence electrons. The van der Waals surface area contributed by atoms with Crippen LogP contribution in [0, 0.1) is 5.92 Å². The highest BCUT2D eigenvalue weighted by Gasteiger charge is 2.17. The van der Waals surface area contributed by atoms with Crippen LogP contribution >= 0.6 is 0 Å². The van der Waals surface area contributed by atoms with E-state index in [-0.39, 0.29) is 5.92 Å². The molecular weight excluding hydrogens is 128 g/mol. The van der Waals surface area contributed by atoms with Crippen LogP contribution in [0.1, 0.15) is 26.2 Å². The van der Waals surface area contributed by atoms with Gasteiger partial charge in [-0.1, -0.05) is 11.6 Å². The maximum atomic E-state index is 8.79. The number of aliphatic hydroxyl groups is 2. The van der Waals surface area contributed by atoms with E-state index in [9.17, 15) is 0 Å². The SMILES string of the molecule is CC1=CCC(C(O)O)CC1. The van der Waals surface area contributed by atoms with Gasteiger partial charge in [0.05, 0.1) is 0 Å². The molecular formula is C8H14O2. The molecule has 0 fully saturated rings. The van der Waals surface area contributed by atoms with Crippen LogP contribution in [0.15, 0.2) is 11.6 Å². The molecule has 0 aromatic rings. The average Bonchev–Trinajstić information content (AvgIpc) is 1.88. The molecule has 0 saturated carbocycles. The van der Waals surface area contributed by atoms with E-state index in [1.807, 2.05) is 0 Å². The molecule has 0 aliphatic heterocycles. The molecule has 1 atom stereocenters. The van der Waals surface area contributed by atoms with Crippen molar-refractivity contribution >= 4 is 0 Å². The Morgan fingerprint density at radius 2 is 2.30 bits per heavy atom. The minimum absolute atomic E-state index is 0.0729. The van der Waals surface area contributed by atoms with Crippen LogP contribution in [-0.4, -0.2) is 16.5 Å². The predicted molar refractivity (Wildman–Crippen MR) is 39.3 cm³/mol. The van der Waals surface area contributed by atoms with Crippen LogP contribution in [0.4, 0.5) is 0 Å². The Hall–Kier alpha value is -0.340. The second kappa shape index (κ2) is 3.17. The van der Waals surface area contributed by atoms with Crippen LogP contribution in [-0.2, 0) is 0 Å². The lowest BCUT2D eigenvalue weighted by molar-refractivity contribution is -0.0858. The minimum atomic E-state index is -1.12. The summed E-state index contributed by atoms with van der Waals surface area (Å²) in [7, 11) is 0. The molecule has 0 saturated heterocycles. The van der Waals surface area contributed by atoms with Crippen molar-refractivity contribution in [3.8, 4) is 0 Å². The van der Waals surface area contributed by atoms with Gasteiger partial charge in [-0.25, -0.2) is 0 Å². The predicted octanol–water partition coefficient (Wildman–Crippen LogP) is 1.04. The molecule has 1 aliphatic rings. The fourth-order valence-corrected chi connectivity index (χ4v) is 1.26. The fraction of sp³-hybridized carbons (Fsp3) is 0.750. The third-order valence-electron chi connectivity index (χ3n) is 2.10. The van der Waals surface area contributed by atoms with Gasteiger partial charge in [-0.2, -0.15) is 0 Å². The quantitative estimate of drug-likeness (QED) is 0.424. The van der Waals surface area contributed by atoms with Crippen LogP contribution < -0.4 is 0 Å². The van der Waals surface area contributed by atoms with Gasteiger partial charge in [0.15, 0.2) is 6.29 Å². The molecule has 1 unspecified atom stereocenters. The lowest BCUT2D eigenvalue weighted by Crippen LogP contribution is -2.20. The molecule has 0 aromatic carbocycles. The molecule has 1 rings (SSSR count). The van der Waals surface area contributed by atoms with E-state index in [0.29, 0.717) is 0 Å². The van der Waals surface area contributed by atoms with Crippen molar-refractivity contribution in [3.05, 3.63) is 11.6 Å². The standard InChI is InChI=1S/C8H14O2/c1-6-2-4-7(5-3-6)8(9)10/h2,7-10H,3-5H2,1H3. The molecule has 0 radical (unpaired) electrons. The molecule has 10 heavy (non-hydrogen) atoms. The summed E-state index contributed by atoms with van der Waals surface area (Å²) in [5.74, 6) is 0.0729. The third kappa shape index (κ3) is 1.82. The Labute approximate surface area is 61.2 Å². The summed E-state index contributed by atoms with van der Waals surface area (Å²) in [6.07, 6.45) is 3.73. The summed E-state index contributed by atoms with van der Waals surface area (Å²) in [5, 5.41) is 17.6. The highest BCUT2D eigenvalue weighted by Crippen LogP contribution is 2.24. The first kappa shape index (κ1) is 7.76. The summed E-state index contributed by atoms with van der Waals surface area (Å²) in [6, 6.07) is 0. The van der Waals surface area contributed by atoms with E-state index in [2.05, 4.69) is 13.0 Å². The van der Waals surface area contributed by atoms with Crippen molar-refractivity contribution in [3.63, 3.8) is 0 Å². The molecule has 0 aromatic heterocycles. The Morgan fingerprint density at radius 1 is 1.60 bits per heavy atom. The van der Waals surface area contributed by atoms with Crippen molar-refractivity contribution in [1.29, 1.82) is 0 Å². The largest absolute Gasteiger partial charge is 0.368 e. The maximum absolute atomic E-state index is 8.79. The molecule has 0 spiro atoms. The van der Waals surface area contributed by atoms with Crippen molar-refractivity contribution in [2.45, 2.75) is 32.5 Å². The first-order valence-electron chi connectivity index (χ1n) is 3.72. The number of aliphatic hydroxyl groups excluding tert-OH is 1. The zero-order chi connectivity index (χ0) is 7.56. The molecule has 2 heteroatoms. The van der Waals surface area contributed by atoms with Gasteiger partial charge in [-0.3, -0.25) is 0 Å². The van der Waals surface area contributed by atoms with Crippen LogP contribution in [0.2, 0.25) is 0 Å². The number of rotatable bonds is 1. The van der Waals surface area contributed by atoms with Crippen LogP contribution in [0.25, 0.3) is 0 Å². The summed E-state index contributed by atoms with van der Waals surface area (Å²) in [5.41, 5.74) is 1.37. The second-order valence-corrected chi connectivity index (χ2v) is 3.00. The summed E-state index contributed by atoms with van der Waals surface area (Å²) in [6.45, 7) is 2.08. The Balaban J connectivity index is 2.42. The van der Waals surface area contributed by atoms with Gasteiger partial charge in [0, 0.05) is 5.92 Å². The Morgan fingerprint density at radius 3 is 2.70 bits per heavy atom. The number of hydrogen-bond donors (Lipinski definition) is 2. The Kier molecular flexibility index (Phi) is 2.46. The molecule has 2 N–H and O–H groups in total. The van der Waals surface area contributed by atoms with Gasteiger partial charge >= 0.3 is 0 Å². The highest BCUT2D eigenvalue weighted by atomic mass is 16.5. The van der Waals surface area contributed by atoms with Gasteiger partial charge in [0.2, 0.25) is 0 Å². The fourth-order valence-electron chi connectivity index (χ4n) is 1.26. The zero-order valence-electron chi connectivity index (χ0n) is 6.25. The Bertz CT molecular complexity index is 138. The first-order valence-corrected chi connectivity index (χ1v) is 3.72. The number of hydrogen-bond acceptors (Lipinski definition) is 2. The second-order valence-electron chi connectivity index (χ2n) is 3.00. The van der Waals surface area contributed by atoms with Crippen molar-refractivity contribution < 1.29 is 10.2 Å². The van der Waals surface area contributed by atoms with Crippen molar-refractivity contribution in [1.82, 2.24) is 0 Å². The van der Waals surface area contributed by atoms with Gasteiger partial charge in [-0.05, 0) is 26.2 Å². The van der Waals surface area contributed by atoms with Gasteiger partial charge in [0.25, 0.3) is 0 Å². The molecule has 2 nitrogen and oxygen atoms in total. The van der Waals surface area contributed by atoms with E-state index >= 15 is 0 Å². The van der Waals surface area contributed by atoms with E-state index in [4.69, 9.17) is 10.2 Å². The lowest BCUT2D eigenvalue weighted by Gasteiger charge is -2.21. The van der Waals surface area contributed by atoms with Crippen molar-refractivity contribution in [2.24, 2.45) is 5.92 Å². The summed E-state index contributed by atoms with van der Waals surface area (Å²) < 4.78 is 0. The molecule has 1 aliphatic carbocycles. The zero-order valence-corrected chi connectivity index (χ0v) is 6.25. The van der Waals surface area contributed by atoms with E-state index < -0.39 is 6.29 Å². The van der Waals surface area contributed by atoms with Gasteiger partial charge in [-0.15, -0.1) is 0 Å². The molecule has 0 heterocycles. The van der Waals surface area contributed by atoms with Gasteiger partial charge < -0.3 is 10.2 Å². The van der Waals surface area contributed by atoms with Crippen LogP contribution in [0.5, 0.6) is 0 Å². The smallest absolute Gasteiger partial charge is 0.154 e. The highest BCUT2D eigenvalue weighted by molar-refractivity contribution is 5.02. The summed E-state index contributed by atoms with van der Waals surface area (Å²) >= 11 is 0. The van der Waals surface area contributed by atoms with Gasteiger partial charge in [0.1, 0.15) is 0 Å². The molecule has 0 amide bonds. The topological polar surface area (TPSA) is 40.5 Å². The number of allylic oxidation sites excluding steroid dienone is 2. The first-order chi connectivity index (χ1) is 4.70. The lowest BCUT2D eigenvalue weighted by atomic mass is 9.90. The third-order valence-corrected chi connectivity index (χ3v) is 2.10. The van der Waals surface area contributed by atoms with E-state index in [1.165, 1.54) is 5.57 Å². The van der Waals surface area contributed by atoms with E-state index in [1.54, 1.807) is 0 Å². The maximum Gasteiger partial charge on any atom is 0.154 e.